The SMILES string of the molecule is COC(=O)CNP(=S)(OC[C@@]1(C#N)O[C@@H](c2ccc3c(N)ncnn23)[C@H](O)[C@@H]1O)Oc1ccccc1. The molecule has 5 N–H and O–H groups in total. The van der Waals surface area contributed by atoms with E-state index < -0.39 is 43.1 Å². The summed E-state index contributed by atoms with van der Waals surface area (Å²) < 4.78 is 23.6. The number of carbonyl (C=O) groups is 1. The second-order valence-electron chi connectivity index (χ2n) is 7.76. The quantitative estimate of drug-likeness (QED) is 0.219. The highest BCUT2D eigenvalue weighted by atomic mass is 32.5. The van der Waals surface area contributed by atoms with Gasteiger partial charge < -0.3 is 34.5 Å². The third kappa shape index (κ3) is 5.04. The number of esters is 1. The second-order valence-corrected chi connectivity index (χ2v) is 11.0. The van der Waals surface area contributed by atoms with Crippen LogP contribution in [-0.4, -0.2) is 68.9 Å². The van der Waals surface area contributed by atoms with Crippen LogP contribution in [0.1, 0.15) is 11.8 Å². The van der Waals surface area contributed by atoms with E-state index in [0.29, 0.717) is 17.0 Å². The number of benzene rings is 1. The van der Waals surface area contributed by atoms with Gasteiger partial charge in [0.2, 0.25) is 5.60 Å². The number of hydrogen-bond acceptors (Lipinski definition) is 12. The molecule has 0 radical (unpaired) electrons. The van der Waals surface area contributed by atoms with E-state index in [1.165, 1.54) is 18.0 Å². The number of methoxy groups -OCH3 is 1. The Balaban J connectivity index is 1.58. The third-order valence-electron chi connectivity index (χ3n) is 5.50. The molecule has 3 aromatic rings. The third-order valence-corrected chi connectivity index (χ3v) is 7.90. The molecule has 0 amide bonds. The largest absolute Gasteiger partial charge is 0.468 e. The van der Waals surface area contributed by atoms with Gasteiger partial charge in [-0.15, -0.1) is 0 Å². The van der Waals surface area contributed by atoms with Gasteiger partial charge in [-0.05, 0) is 36.1 Å². The summed E-state index contributed by atoms with van der Waals surface area (Å²) in [5.74, 6) is -0.0602. The lowest BCUT2D eigenvalue weighted by atomic mass is 9.96. The van der Waals surface area contributed by atoms with Gasteiger partial charge >= 0.3 is 12.6 Å². The first-order valence-electron chi connectivity index (χ1n) is 10.6. The maximum atomic E-state index is 11.7. The molecule has 0 saturated carbocycles. The van der Waals surface area contributed by atoms with Gasteiger partial charge in [-0.1, -0.05) is 18.2 Å². The van der Waals surface area contributed by atoms with Crippen LogP contribution in [0.4, 0.5) is 5.82 Å². The summed E-state index contributed by atoms with van der Waals surface area (Å²) in [6.45, 7) is -4.39. The Kier molecular flexibility index (Phi) is 7.53. The Labute approximate surface area is 210 Å². The summed E-state index contributed by atoms with van der Waals surface area (Å²) in [4.78, 5) is 15.6. The molecule has 4 rings (SSSR count). The van der Waals surface area contributed by atoms with E-state index in [2.05, 4.69) is 19.9 Å². The minimum Gasteiger partial charge on any atom is -0.468 e. The van der Waals surface area contributed by atoms with E-state index in [4.69, 9.17) is 31.3 Å². The molecule has 1 aliphatic heterocycles. The first-order valence-corrected chi connectivity index (χ1v) is 13.2. The predicted molar refractivity (Wildman–Crippen MR) is 129 cm³/mol. The zero-order chi connectivity index (χ0) is 25.9. The maximum Gasteiger partial charge on any atom is 0.320 e. The number of hydrogen-bond donors (Lipinski definition) is 4. The first-order chi connectivity index (χ1) is 17.2. The standard InChI is InChI=1S/C21H23N6O7PS/c1-31-16(28)9-26-35(36,34-13-5-3-2-4-6-13)32-11-21(10-22)19(30)17(29)18(33-21)14-7-8-15-20(23)24-12-25-27(14)15/h2-8,12,17-19,29-30H,9,11H2,1H3,(H,26,36)(H2,23,24,25)/t17-,18-,19-,21+,35?/m0/s1. The van der Waals surface area contributed by atoms with Crippen LogP contribution in [-0.2, 0) is 30.6 Å². The smallest absolute Gasteiger partial charge is 0.320 e. The molecule has 1 aromatic carbocycles. The Hall–Kier alpha value is -3.15. The molecule has 0 bridgehead atoms. The van der Waals surface area contributed by atoms with Crippen LogP contribution in [0.5, 0.6) is 5.75 Å². The molecule has 1 saturated heterocycles. The number of anilines is 1. The fraction of sp³-hybridized carbons (Fsp3) is 0.333. The Bertz CT molecular complexity index is 1340. The number of carbonyl (C=O) groups excluding carboxylic acids is 1. The van der Waals surface area contributed by atoms with E-state index >= 15 is 0 Å². The normalized spacial score (nSPS) is 25.2. The minimum absolute atomic E-state index is 0.203. The summed E-state index contributed by atoms with van der Waals surface area (Å²) in [6.07, 6.45) is -3.12. The fourth-order valence-electron chi connectivity index (χ4n) is 3.61. The van der Waals surface area contributed by atoms with Crippen molar-refractivity contribution < 1.29 is 33.5 Å². The van der Waals surface area contributed by atoms with Crippen molar-refractivity contribution in [2.24, 2.45) is 0 Å². The number of nitrogens with two attached hydrogens (primary N) is 1. The van der Waals surface area contributed by atoms with Gasteiger partial charge in [0.25, 0.3) is 0 Å². The zero-order valence-electron chi connectivity index (χ0n) is 18.9. The summed E-state index contributed by atoms with van der Waals surface area (Å²) in [6, 6.07) is 13.6. The van der Waals surface area contributed by atoms with E-state index in [9.17, 15) is 20.3 Å². The molecular weight excluding hydrogens is 511 g/mol. The molecule has 0 aliphatic carbocycles. The van der Waals surface area contributed by atoms with Crippen molar-refractivity contribution in [1.29, 1.82) is 5.26 Å². The molecule has 5 atom stereocenters. The van der Waals surface area contributed by atoms with Gasteiger partial charge in [0, 0.05) is 0 Å². The van der Waals surface area contributed by atoms with Crippen LogP contribution in [0, 0.1) is 11.3 Å². The average molecular weight is 534 g/mol. The van der Waals surface area contributed by atoms with E-state index in [1.54, 1.807) is 42.5 Å². The molecular formula is C21H23N6O7PS. The van der Waals surface area contributed by atoms with Crippen LogP contribution < -0.4 is 15.3 Å². The first kappa shape index (κ1) is 25.9. The molecule has 13 nitrogen and oxygen atoms in total. The summed E-state index contributed by atoms with van der Waals surface area (Å²) in [5.41, 5.74) is 4.65. The molecule has 190 valence electrons. The zero-order valence-corrected chi connectivity index (χ0v) is 20.6. The van der Waals surface area contributed by atoms with Gasteiger partial charge in [0.05, 0.1) is 12.8 Å². The lowest BCUT2D eigenvalue weighted by Gasteiger charge is -2.29. The van der Waals surface area contributed by atoms with Gasteiger partial charge in [-0.3, -0.25) is 4.79 Å². The highest BCUT2D eigenvalue weighted by Gasteiger charge is 2.57. The van der Waals surface area contributed by atoms with Crippen molar-refractivity contribution in [1.82, 2.24) is 19.7 Å². The lowest BCUT2D eigenvalue weighted by Crippen LogP contribution is -2.46. The Morgan fingerprint density at radius 1 is 1.36 bits per heavy atom. The number of aliphatic hydroxyl groups excluding tert-OH is 2. The van der Waals surface area contributed by atoms with Crippen molar-refractivity contribution >= 4 is 35.8 Å². The minimum atomic E-state index is -3.47. The van der Waals surface area contributed by atoms with E-state index in [1.807, 2.05) is 6.07 Å². The van der Waals surface area contributed by atoms with Crippen molar-refractivity contribution in [2.75, 3.05) is 26.0 Å². The highest BCUT2D eigenvalue weighted by molar-refractivity contribution is 8.09. The van der Waals surface area contributed by atoms with Crippen molar-refractivity contribution in [3.63, 3.8) is 0 Å². The molecule has 36 heavy (non-hydrogen) atoms. The van der Waals surface area contributed by atoms with Crippen molar-refractivity contribution in [3.8, 4) is 11.8 Å². The average Bonchev–Trinajstić information content (AvgIpc) is 3.42. The number of rotatable bonds is 9. The lowest BCUT2D eigenvalue weighted by molar-refractivity contribution is -0.139. The molecule has 0 spiro atoms. The van der Waals surface area contributed by atoms with Gasteiger partial charge in [-0.25, -0.2) is 14.6 Å². The van der Waals surface area contributed by atoms with Gasteiger partial charge in [-0.2, -0.15) is 10.4 Å². The van der Waals surface area contributed by atoms with E-state index in [0.717, 1.165) is 0 Å². The summed E-state index contributed by atoms with van der Waals surface area (Å²) in [5, 5.41) is 38.5. The Morgan fingerprint density at radius 3 is 2.81 bits per heavy atom. The molecule has 1 fully saturated rings. The van der Waals surface area contributed by atoms with Gasteiger partial charge in [0.15, 0.2) is 5.82 Å². The number of nitriles is 1. The van der Waals surface area contributed by atoms with Crippen LogP contribution in [0.15, 0.2) is 48.8 Å². The number of nitrogens with one attached hydrogen (secondary N) is 1. The van der Waals surface area contributed by atoms with Crippen LogP contribution >= 0.6 is 6.64 Å². The predicted octanol–water partition coefficient (Wildman–Crippen LogP) is 0.450. The van der Waals surface area contributed by atoms with Crippen LogP contribution in [0.25, 0.3) is 5.52 Å². The number of para-hydroxylation sites is 1. The maximum absolute atomic E-state index is 11.7. The Morgan fingerprint density at radius 2 is 2.11 bits per heavy atom. The van der Waals surface area contributed by atoms with E-state index in [-0.39, 0.29) is 12.4 Å². The summed E-state index contributed by atoms with van der Waals surface area (Å²) in [7, 11) is 1.21. The number of aromatic nitrogens is 3. The second kappa shape index (κ2) is 10.5. The fourth-order valence-corrected chi connectivity index (χ4v) is 5.52. The van der Waals surface area contributed by atoms with Crippen molar-refractivity contribution in [3.05, 3.63) is 54.5 Å². The monoisotopic (exact) mass is 534 g/mol. The van der Waals surface area contributed by atoms with Crippen LogP contribution in [0.2, 0.25) is 0 Å². The molecule has 3 heterocycles. The number of aliphatic hydroxyl groups is 2. The number of fused-ring (bicyclic) bond motifs is 1. The summed E-state index contributed by atoms with van der Waals surface area (Å²) >= 11 is 5.54. The van der Waals surface area contributed by atoms with Crippen molar-refractivity contribution in [2.45, 2.75) is 23.9 Å². The number of nitrogens with zero attached hydrogens (tertiary/aromatic N) is 4. The molecule has 1 aliphatic rings. The van der Waals surface area contributed by atoms with Gasteiger partial charge in [0.1, 0.15) is 55.1 Å². The highest BCUT2D eigenvalue weighted by Crippen LogP contribution is 2.48. The molecule has 1 unspecified atom stereocenters. The molecule has 15 heteroatoms. The molecule has 2 aromatic heterocycles. The van der Waals surface area contributed by atoms with Crippen LogP contribution in [0.3, 0.4) is 0 Å². The number of nitrogen functional groups attached to an aromatic ring is 1. The topological polar surface area (TPSA) is 186 Å². The number of ether oxygens (including phenoxy) is 2.